The first-order chi connectivity index (χ1) is 12.5. The molecule has 4 nitrogen and oxygen atoms in total. The van der Waals surface area contributed by atoms with Crippen LogP contribution in [0.4, 0.5) is 8.78 Å². The number of carbonyl (C=O) groups is 1. The van der Waals surface area contributed by atoms with Gasteiger partial charge in [0.2, 0.25) is 5.91 Å². The van der Waals surface area contributed by atoms with Crippen molar-refractivity contribution in [1.82, 2.24) is 10.3 Å². The topological polar surface area (TPSA) is 62.0 Å². The van der Waals surface area contributed by atoms with Crippen molar-refractivity contribution >= 4 is 11.5 Å². The van der Waals surface area contributed by atoms with E-state index in [4.69, 9.17) is 0 Å². The summed E-state index contributed by atoms with van der Waals surface area (Å²) in [4.78, 5) is 26.7. The summed E-state index contributed by atoms with van der Waals surface area (Å²) < 4.78 is 27.1. The van der Waals surface area contributed by atoms with E-state index in [0.717, 1.165) is 30.5 Å². The van der Waals surface area contributed by atoms with Gasteiger partial charge in [0.1, 0.15) is 0 Å². The second-order valence-corrected chi connectivity index (χ2v) is 6.85. The summed E-state index contributed by atoms with van der Waals surface area (Å²) >= 11 is 0. The molecule has 1 atom stereocenters. The lowest BCUT2D eigenvalue weighted by Gasteiger charge is -2.13. The van der Waals surface area contributed by atoms with E-state index in [9.17, 15) is 18.4 Å². The lowest BCUT2D eigenvalue weighted by Crippen LogP contribution is -2.23. The van der Waals surface area contributed by atoms with Gasteiger partial charge in [-0.3, -0.25) is 9.59 Å². The first-order valence-corrected chi connectivity index (χ1v) is 8.71. The summed E-state index contributed by atoms with van der Waals surface area (Å²) in [6, 6.07) is 7.00. The number of pyridine rings is 1. The van der Waals surface area contributed by atoms with E-state index in [0.29, 0.717) is 35.6 Å². The number of nitrogens with one attached hydrogen (secondary N) is 2. The van der Waals surface area contributed by atoms with Crippen LogP contribution < -0.4 is 10.9 Å². The monoisotopic (exact) mass is 356 g/mol. The maximum Gasteiger partial charge on any atom is 0.251 e. The Morgan fingerprint density at radius 2 is 1.85 bits per heavy atom. The Hall–Kier alpha value is -2.76. The molecule has 134 valence electrons. The average molecular weight is 356 g/mol. The van der Waals surface area contributed by atoms with Crippen LogP contribution in [0.3, 0.4) is 0 Å². The summed E-state index contributed by atoms with van der Waals surface area (Å²) in [6.45, 7) is 0. The number of benzene rings is 1. The van der Waals surface area contributed by atoms with Crippen molar-refractivity contribution in [2.24, 2.45) is 0 Å². The SMILES string of the molecule is O=C1CCC(/C=C(\c2ccc(F)c(F)c2)c2ccc(C3CC3)c(=O)[nH]2)N1. The molecule has 6 heteroatoms. The Kier molecular flexibility index (Phi) is 4.18. The van der Waals surface area contributed by atoms with Crippen LogP contribution in [-0.2, 0) is 4.79 Å². The average Bonchev–Trinajstić information content (AvgIpc) is 3.37. The summed E-state index contributed by atoms with van der Waals surface area (Å²) in [5.41, 5.74) is 2.13. The van der Waals surface area contributed by atoms with E-state index in [1.54, 1.807) is 18.2 Å². The first-order valence-electron chi connectivity index (χ1n) is 8.71. The predicted molar refractivity (Wildman–Crippen MR) is 93.6 cm³/mol. The zero-order valence-electron chi connectivity index (χ0n) is 14.0. The molecule has 2 N–H and O–H groups in total. The first kappa shape index (κ1) is 16.7. The summed E-state index contributed by atoms with van der Waals surface area (Å²) in [5.74, 6) is -1.62. The van der Waals surface area contributed by atoms with E-state index in [1.807, 2.05) is 0 Å². The van der Waals surface area contributed by atoms with E-state index < -0.39 is 11.6 Å². The normalized spacial score (nSPS) is 20.3. The van der Waals surface area contributed by atoms with Gasteiger partial charge in [0.25, 0.3) is 5.56 Å². The molecule has 1 aromatic heterocycles. The van der Waals surface area contributed by atoms with Crippen LogP contribution in [0.15, 0.2) is 41.2 Å². The lowest BCUT2D eigenvalue weighted by molar-refractivity contribution is -0.119. The van der Waals surface area contributed by atoms with Crippen LogP contribution >= 0.6 is 0 Å². The van der Waals surface area contributed by atoms with E-state index in [1.165, 1.54) is 6.07 Å². The Morgan fingerprint density at radius 3 is 2.46 bits per heavy atom. The standard InChI is InChI=1S/C20H18F2N2O2/c21-16-6-3-12(9-17(16)22)15(10-13-4-8-19(25)23-13)18-7-5-14(11-1-2-11)20(26)24-18/h3,5-7,9-11,13H,1-2,4,8H2,(H,23,25)(H,24,26)/b15-10+. The maximum absolute atomic E-state index is 13.7. The molecule has 2 aliphatic rings. The van der Waals surface area contributed by atoms with Crippen molar-refractivity contribution < 1.29 is 13.6 Å². The van der Waals surface area contributed by atoms with Gasteiger partial charge in [0.15, 0.2) is 11.6 Å². The van der Waals surface area contributed by atoms with Gasteiger partial charge >= 0.3 is 0 Å². The molecule has 1 saturated carbocycles. The second kappa shape index (κ2) is 6.52. The molecule has 1 unspecified atom stereocenters. The van der Waals surface area contributed by atoms with Gasteiger partial charge < -0.3 is 10.3 Å². The molecule has 0 bridgehead atoms. The van der Waals surface area contributed by atoms with Gasteiger partial charge in [-0.25, -0.2) is 8.78 Å². The van der Waals surface area contributed by atoms with E-state index in [2.05, 4.69) is 10.3 Å². The minimum Gasteiger partial charge on any atom is -0.350 e. The Labute approximate surface area is 148 Å². The molecule has 1 aliphatic carbocycles. The number of aromatic nitrogens is 1. The fraction of sp³-hybridized carbons (Fsp3) is 0.300. The minimum atomic E-state index is -0.958. The third-order valence-electron chi connectivity index (χ3n) is 4.87. The van der Waals surface area contributed by atoms with Gasteiger partial charge in [0.05, 0.1) is 0 Å². The molecule has 2 fully saturated rings. The number of rotatable bonds is 4. The quantitative estimate of drug-likeness (QED) is 0.883. The second-order valence-electron chi connectivity index (χ2n) is 6.85. The zero-order chi connectivity index (χ0) is 18.3. The van der Waals surface area contributed by atoms with Crippen molar-refractivity contribution in [1.29, 1.82) is 0 Å². The van der Waals surface area contributed by atoms with Gasteiger partial charge in [-0.1, -0.05) is 18.2 Å². The minimum absolute atomic E-state index is 0.0477. The molecular formula is C20H18F2N2O2. The lowest BCUT2D eigenvalue weighted by atomic mass is 9.98. The Morgan fingerprint density at radius 1 is 1.04 bits per heavy atom. The van der Waals surface area contributed by atoms with Gasteiger partial charge in [-0.05, 0) is 48.9 Å². The molecular weight excluding hydrogens is 338 g/mol. The van der Waals surface area contributed by atoms with Gasteiger partial charge in [-0.15, -0.1) is 0 Å². The number of halogens is 2. The highest BCUT2D eigenvalue weighted by molar-refractivity contribution is 5.82. The van der Waals surface area contributed by atoms with Gasteiger partial charge in [0, 0.05) is 29.3 Å². The highest BCUT2D eigenvalue weighted by Crippen LogP contribution is 2.38. The van der Waals surface area contributed by atoms with Crippen molar-refractivity contribution in [3.63, 3.8) is 0 Å². The summed E-state index contributed by atoms with van der Waals surface area (Å²) in [7, 11) is 0. The molecule has 1 aromatic carbocycles. The third kappa shape index (κ3) is 3.31. The van der Waals surface area contributed by atoms with Crippen LogP contribution in [0.25, 0.3) is 5.57 Å². The number of hydrogen-bond acceptors (Lipinski definition) is 2. The summed E-state index contributed by atoms with van der Waals surface area (Å²) in [5, 5.41) is 2.83. The highest BCUT2D eigenvalue weighted by atomic mass is 19.2. The number of H-pyrrole nitrogens is 1. The largest absolute Gasteiger partial charge is 0.350 e. The fourth-order valence-corrected chi connectivity index (χ4v) is 3.33. The van der Waals surface area contributed by atoms with Crippen LogP contribution in [0.5, 0.6) is 0 Å². The zero-order valence-corrected chi connectivity index (χ0v) is 14.0. The smallest absolute Gasteiger partial charge is 0.251 e. The van der Waals surface area contributed by atoms with Crippen molar-refractivity contribution in [2.45, 2.75) is 37.6 Å². The van der Waals surface area contributed by atoms with Crippen LogP contribution in [0.1, 0.15) is 48.4 Å². The fourth-order valence-electron chi connectivity index (χ4n) is 3.33. The molecule has 1 aliphatic heterocycles. The number of hydrogen-bond donors (Lipinski definition) is 2. The number of carbonyl (C=O) groups excluding carboxylic acids is 1. The Balaban J connectivity index is 1.78. The molecule has 4 rings (SSSR count). The van der Waals surface area contributed by atoms with Crippen LogP contribution in [-0.4, -0.2) is 16.9 Å². The van der Waals surface area contributed by atoms with Crippen LogP contribution in [0, 0.1) is 11.6 Å². The van der Waals surface area contributed by atoms with Crippen molar-refractivity contribution in [2.75, 3.05) is 0 Å². The molecule has 1 saturated heterocycles. The highest BCUT2D eigenvalue weighted by Gasteiger charge is 2.26. The summed E-state index contributed by atoms with van der Waals surface area (Å²) in [6.07, 6.45) is 4.87. The Bertz CT molecular complexity index is 961. The van der Waals surface area contributed by atoms with E-state index >= 15 is 0 Å². The van der Waals surface area contributed by atoms with Crippen molar-refractivity contribution in [3.05, 3.63) is 75.2 Å². The third-order valence-corrected chi connectivity index (χ3v) is 4.87. The number of aromatic amines is 1. The molecule has 0 radical (unpaired) electrons. The molecule has 26 heavy (non-hydrogen) atoms. The molecule has 2 aromatic rings. The van der Waals surface area contributed by atoms with Crippen LogP contribution in [0.2, 0.25) is 0 Å². The van der Waals surface area contributed by atoms with Crippen molar-refractivity contribution in [3.8, 4) is 0 Å². The van der Waals surface area contributed by atoms with E-state index in [-0.39, 0.29) is 17.5 Å². The van der Waals surface area contributed by atoms with Gasteiger partial charge in [-0.2, -0.15) is 0 Å². The molecule has 1 amide bonds. The molecule has 0 spiro atoms. The maximum atomic E-state index is 13.7. The molecule has 2 heterocycles. The predicted octanol–water partition coefficient (Wildman–Crippen LogP) is 3.24. The number of amides is 1.